The summed E-state index contributed by atoms with van der Waals surface area (Å²) in [5.41, 5.74) is 0. The molecule has 0 spiro atoms. The predicted octanol–water partition coefficient (Wildman–Crippen LogP) is 3.62. The molecule has 0 heterocycles. The van der Waals surface area contributed by atoms with E-state index in [1.165, 1.54) is 0 Å². The van der Waals surface area contributed by atoms with Crippen molar-refractivity contribution in [3.05, 3.63) is 0 Å². The van der Waals surface area contributed by atoms with Gasteiger partial charge in [-0.2, -0.15) is 5.11 Å². The Balaban J connectivity index is 3.19. The molecule has 0 bridgehead atoms. The van der Waals surface area contributed by atoms with E-state index in [0.29, 0.717) is 0 Å². The van der Waals surface area contributed by atoms with Crippen molar-refractivity contribution in [2.45, 2.75) is 33.1 Å². The van der Waals surface area contributed by atoms with Gasteiger partial charge in [0.2, 0.25) is 0 Å². The Hall–Kier alpha value is -0.0500. The van der Waals surface area contributed by atoms with Crippen LogP contribution in [0.15, 0.2) is 10.00 Å². The lowest BCUT2D eigenvalue weighted by atomic mass is 10.5. The van der Waals surface area contributed by atoms with E-state index in [0.717, 1.165) is 45.6 Å². The van der Waals surface area contributed by atoms with Gasteiger partial charge in [-0.1, -0.05) is 13.8 Å². The normalized spacial score (nSPS) is 13.5. The van der Waals surface area contributed by atoms with Crippen molar-refractivity contribution < 1.29 is 9.26 Å². The Bertz CT molecular complexity index is 156. The highest BCUT2D eigenvalue weighted by molar-refractivity contribution is 7.49. The van der Waals surface area contributed by atoms with E-state index in [1.54, 1.807) is 0 Å². The summed E-state index contributed by atoms with van der Waals surface area (Å²) < 4.78 is 10.8. The first-order valence-corrected chi connectivity index (χ1v) is 7.29. The summed E-state index contributed by atoms with van der Waals surface area (Å²) in [7, 11) is -0.714. The summed E-state index contributed by atoms with van der Waals surface area (Å²) in [5, 5.41) is 4.02. The molecule has 0 saturated heterocycles. The molecule has 0 saturated carbocycles. The molecule has 0 rings (SSSR count). The average Bonchev–Trinajstić information content (AvgIpc) is 2.23. The quantitative estimate of drug-likeness (QED) is 0.329. The van der Waals surface area contributed by atoms with Crippen LogP contribution in [0.3, 0.4) is 0 Å². The topological polar surface area (TPSA) is 43.2 Å². The molecule has 4 nitrogen and oxygen atoms in total. The highest BCUT2D eigenvalue weighted by Crippen LogP contribution is 2.33. The molecular weight excluding hydrogens is 211 g/mol. The number of rotatable bonds is 10. The standard InChI is InChI=1S/C10H23N2O2P/c1-4-7-11-12-15(3)14-10-6-9-13-8-5-2/h4-10H2,1-3H3. The fraction of sp³-hybridized carbons (Fsp3) is 1.00. The third-order valence-electron chi connectivity index (χ3n) is 1.57. The largest absolute Gasteiger partial charge is 0.381 e. The molecule has 0 aliphatic rings. The number of nitrogens with zero attached hydrogens (tertiary/aromatic N) is 2. The Morgan fingerprint density at radius 1 is 1.07 bits per heavy atom. The zero-order valence-electron chi connectivity index (χ0n) is 10.1. The molecular formula is C10H23N2O2P. The molecule has 0 aliphatic heterocycles. The van der Waals surface area contributed by atoms with E-state index in [-0.39, 0.29) is 0 Å². The first-order chi connectivity index (χ1) is 7.31. The van der Waals surface area contributed by atoms with Gasteiger partial charge in [-0.15, -0.1) is 4.88 Å². The Morgan fingerprint density at radius 2 is 1.87 bits per heavy atom. The predicted molar refractivity (Wildman–Crippen MR) is 64.5 cm³/mol. The van der Waals surface area contributed by atoms with Crippen molar-refractivity contribution in [3.63, 3.8) is 0 Å². The molecule has 0 N–H and O–H groups in total. The van der Waals surface area contributed by atoms with E-state index in [2.05, 4.69) is 23.8 Å². The third kappa shape index (κ3) is 11.9. The molecule has 1 unspecified atom stereocenters. The summed E-state index contributed by atoms with van der Waals surface area (Å²) in [6.07, 6.45) is 3.06. The van der Waals surface area contributed by atoms with Crippen LogP contribution in [0.5, 0.6) is 0 Å². The van der Waals surface area contributed by atoms with Gasteiger partial charge >= 0.3 is 0 Å². The van der Waals surface area contributed by atoms with Crippen LogP contribution in [0.1, 0.15) is 33.1 Å². The minimum atomic E-state index is -0.714. The number of ether oxygens (including phenoxy) is 1. The van der Waals surface area contributed by atoms with Crippen LogP contribution in [-0.2, 0) is 9.26 Å². The summed E-state index contributed by atoms with van der Waals surface area (Å²) in [6, 6.07) is 0. The molecule has 90 valence electrons. The van der Waals surface area contributed by atoms with Crippen molar-refractivity contribution >= 4 is 8.30 Å². The maximum Gasteiger partial charge on any atom is 0.173 e. The summed E-state index contributed by atoms with van der Waals surface area (Å²) in [4.78, 5) is 4.07. The molecule has 0 amide bonds. The van der Waals surface area contributed by atoms with Crippen molar-refractivity contribution in [2.75, 3.05) is 33.0 Å². The lowest BCUT2D eigenvalue weighted by Gasteiger charge is -2.06. The van der Waals surface area contributed by atoms with Crippen LogP contribution in [0.25, 0.3) is 0 Å². The van der Waals surface area contributed by atoms with Crippen LogP contribution < -0.4 is 0 Å². The van der Waals surface area contributed by atoms with Crippen molar-refractivity contribution in [2.24, 2.45) is 10.00 Å². The second-order valence-corrected chi connectivity index (χ2v) is 4.58. The molecule has 0 radical (unpaired) electrons. The van der Waals surface area contributed by atoms with E-state index < -0.39 is 8.30 Å². The van der Waals surface area contributed by atoms with Crippen LogP contribution in [0.2, 0.25) is 0 Å². The zero-order chi connectivity index (χ0) is 11.4. The number of hydrogen-bond acceptors (Lipinski definition) is 4. The van der Waals surface area contributed by atoms with Gasteiger partial charge in [-0.05, 0) is 19.3 Å². The SMILES string of the molecule is CCCN=NP(C)OCCCOCCC. The van der Waals surface area contributed by atoms with Crippen LogP contribution in [0.4, 0.5) is 0 Å². The van der Waals surface area contributed by atoms with Gasteiger partial charge in [-0.3, -0.25) is 0 Å². The van der Waals surface area contributed by atoms with Crippen molar-refractivity contribution in [1.82, 2.24) is 0 Å². The molecule has 5 heteroatoms. The van der Waals surface area contributed by atoms with Gasteiger partial charge in [0.05, 0.1) is 13.2 Å². The maximum absolute atomic E-state index is 5.49. The Morgan fingerprint density at radius 3 is 2.53 bits per heavy atom. The minimum absolute atomic E-state index is 0.714. The first kappa shape index (κ1) is 14.9. The van der Waals surface area contributed by atoms with Crippen LogP contribution >= 0.6 is 8.30 Å². The highest BCUT2D eigenvalue weighted by Gasteiger charge is 1.98. The van der Waals surface area contributed by atoms with Gasteiger partial charge < -0.3 is 9.26 Å². The summed E-state index contributed by atoms with van der Waals surface area (Å²) >= 11 is 0. The molecule has 0 aromatic carbocycles. The molecule has 0 aromatic rings. The lowest BCUT2D eigenvalue weighted by Crippen LogP contribution is -1.99. The van der Waals surface area contributed by atoms with Crippen molar-refractivity contribution in [1.29, 1.82) is 0 Å². The molecule has 0 aromatic heterocycles. The zero-order valence-corrected chi connectivity index (χ0v) is 11.0. The van der Waals surface area contributed by atoms with E-state index in [1.807, 2.05) is 6.66 Å². The minimum Gasteiger partial charge on any atom is -0.381 e. The summed E-state index contributed by atoms with van der Waals surface area (Å²) in [5.74, 6) is 0. The second-order valence-electron chi connectivity index (χ2n) is 3.22. The van der Waals surface area contributed by atoms with Crippen LogP contribution in [0, 0.1) is 0 Å². The fourth-order valence-electron chi connectivity index (χ4n) is 0.864. The van der Waals surface area contributed by atoms with Gasteiger partial charge in [0, 0.05) is 19.9 Å². The van der Waals surface area contributed by atoms with E-state index in [9.17, 15) is 0 Å². The monoisotopic (exact) mass is 234 g/mol. The molecule has 0 aliphatic carbocycles. The highest BCUT2D eigenvalue weighted by atomic mass is 31.2. The number of hydrogen-bond donors (Lipinski definition) is 0. The van der Waals surface area contributed by atoms with Crippen LogP contribution in [-0.4, -0.2) is 33.0 Å². The second kappa shape index (κ2) is 12.0. The lowest BCUT2D eigenvalue weighted by molar-refractivity contribution is 0.122. The summed E-state index contributed by atoms with van der Waals surface area (Å²) in [6.45, 7) is 9.31. The van der Waals surface area contributed by atoms with Gasteiger partial charge in [0.15, 0.2) is 8.30 Å². The molecule has 1 atom stereocenters. The van der Waals surface area contributed by atoms with E-state index in [4.69, 9.17) is 9.26 Å². The third-order valence-corrected chi connectivity index (χ3v) is 2.51. The van der Waals surface area contributed by atoms with Crippen molar-refractivity contribution in [3.8, 4) is 0 Å². The fourth-order valence-corrected chi connectivity index (χ4v) is 1.58. The average molecular weight is 234 g/mol. The Labute approximate surface area is 94.3 Å². The first-order valence-electron chi connectivity index (χ1n) is 5.63. The smallest absolute Gasteiger partial charge is 0.173 e. The van der Waals surface area contributed by atoms with Gasteiger partial charge in [0.25, 0.3) is 0 Å². The molecule has 0 fully saturated rings. The van der Waals surface area contributed by atoms with E-state index >= 15 is 0 Å². The maximum atomic E-state index is 5.49. The molecule has 15 heavy (non-hydrogen) atoms. The Kier molecular flexibility index (Phi) is 12.0. The van der Waals surface area contributed by atoms with Gasteiger partial charge in [-0.25, -0.2) is 0 Å². The van der Waals surface area contributed by atoms with Gasteiger partial charge in [0.1, 0.15) is 0 Å².